The number of anilines is 1. The molecule has 0 atom stereocenters. The normalized spacial score (nSPS) is 12.5. The van der Waals surface area contributed by atoms with E-state index in [1.54, 1.807) is 0 Å². The molecule has 4 heteroatoms. The first-order chi connectivity index (χ1) is 10.2. The molecule has 1 aliphatic rings. The lowest BCUT2D eigenvalue weighted by Crippen LogP contribution is -2.13. The van der Waals surface area contributed by atoms with Crippen molar-refractivity contribution in [3.05, 3.63) is 53.6 Å². The van der Waals surface area contributed by atoms with Crippen molar-refractivity contribution in [2.24, 2.45) is 0 Å². The second-order valence-corrected chi connectivity index (χ2v) is 5.32. The molecule has 3 rings (SSSR count). The minimum Gasteiger partial charge on any atom is -0.454 e. The third-order valence-corrected chi connectivity index (χ3v) is 3.58. The van der Waals surface area contributed by atoms with Crippen LogP contribution in [0.3, 0.4) is 0 Å². The Balaban J connectivity index is 1.58. The second kappa shape index (κ2) is 6.06. The molecular formula is C17H20N2O2. The topological polar surface area (TPSA) is 33.7 Å². The van der Waals surface area contributed by atoms with Crippen molar-refractivity contribution in [2.45, 2.75) is 13.1 Å². The maximum Gasteiger partial charge on any atom is 0.231 e. The van der Waals surface area contributed by atoms with Crippen molar-refractivity contribution in [1.82, 2.24) is 5.32 Å². The zero-order valence-electron chi connectivity index (χ0n) is 12.4. The molecule has 0 saturated heterocycles. The maximum atomic E-state index is 5.51. The molecule has 0 spiro atoms. The Morgan fingerprint density at radius 3 is 2.57 bits per heavy atom. The van der Waals surface area contributed by atoms with Gasteiger partial charge in [0.05, 0.1) is 0 Å². The number of benzene rings is 2. The average Bonchev–Trinajstić information content (AvgIpc) is 2.97. The molecule has 110 valence electrons. The smallest absolute Gasteiger partial charge is 0.231 e. The lowest BCUT2D eigenvalue weighted by Gasteiger charge is -2.13. The van der Waals surface area contributed by atoms with E-state index in [0.717, 1.165) is 30.2 Å². The Hall–Kier alpha value is -2.20. The van der Waals surface area contributed by atoms with E-state index >= 15 is 0 Å². The SMILES string of the molecule is CN(C)c1ccc(CNCc2cccc3c2OCO3)cc1. The third kappa shape index (κ3) is 3.11. The van der Waals surface area contributed by atoms with E-state index in [1.165, 1.54) is 11.3 Å². The highest BCUT2D eigenvalue weighted by atomic mass is 16.7. The van der Waals surface area contributed by atoms with E-state index in [1.807, 2.05) is 26.2 Å². The molecule has 2 aromatic carbocycles. The van der Waals surface area contributed by atoms with Crippen LogP contribution in [-0.2, 0) is 13.1 Å². The molecule has 0 unspecified atom stereocenters. The van der Waals surface area contributed by atoms with Gasteiger partial charge in [-0.1, -0.05) is 24.3 Å². The van der Waals surface area contributed by atoms with E-state index in [-0.39, 0.29) is 0 Å². The van der Waals surface area contributed by atoms with Crippen LogP contribution in [0.1, 0.15) is 11.1 Å². The fourth-order valence-electron chi connectivity index (χ4n) is 2.38. The summed E-state index contributed by atoms with van der Waals surface area (Å²) in [5, 5.41) is 3.45. The summed E-state index contributed by atoms with van der Waals surface area (Å²) in [7, 11) is 4.09. The van der Waals surface area contributed by atoms with Gasteiger partial charge in [-0.25, -0.2) is 0 Å². The minimum atomic E-state index is 0.318. The van der Waals surface area contributed by atoms with E-state index in [9.17, 15) is 0 Å². The predicted molar refractivity (Wildman–Crippen MR) is 83.9 cm³/mol. The molecule has 0 aliphatic carbocycles. The minimum absolute atomic E-state index is 0.318. The standard InChI is InChI=1S/C17H20N2O2/c1-19(2)15-8-6-13(7-9-15)10-18-11-14-4-3-5-16-17(14)21-12-20-16/h3-9,18H,10-12H2,1-2H3. The number of para-hydroxylation sites is 1. The van der Waals surface area contributed by atoms with Gasteiger partial charge in [-0.05, 0) is 23.8 Å². The summed E-state index contributed by atoms with van der Waals surface area (Å²) in [4.78, 5) is 2.10. The van der Waals surface area contributed by atoms with Gasteiger partial charge >= 0.3 is 0 Å². The summed E-state index contributed by atoms with van der Waals surface area (Å²) < 4.78 is 10.9. The average molecular weight is 284 g/mol. The van der Waals surface area contributed by atoms with Crippen molar-refractivity contribution >= 4 is 5.69 Å². The van der Waals surface area contributed by atoms with E-state index in [2.05, 4.69) is 40.5 Å². The van der Waals surface area contributed by atoms with Gasteiger partial charge in [0.15, 0.2) is 11.5 Å². The molecule has 4 nitrogen and oxygen atoms in total. The Morgan fingerprint density at radius 1 is 1.00 bits per heavy atom. The fourth-order valence-corrected chi connectivity index (χ4v) is 2.38. The highest BCUT2D eigenvalue weighted by Crippen LogP contribution is 2.35. The largest absolute Gasteiger partial charge is 0.454 e. The molecule has 0 fully saturated rings. The molecule has 1 heterocycles. The molecular weight excluding hydrogens is 264 g/mol. The Kier molecular flexibility index (Phi) is 3.97. The van der Waals surface area contributed by atoms with Crippen molar-refractivity contribution in [3.8, 4) is 11.5 Å². The van der Waals surface area contributed by atoms with Gasteiger partial charge in [-0.3, -0.25) is 0 Å². The molecule has 0 aromatic heterocycles. The number of ether oxygens (including phenoxy) is 2. The number of hydrogen-bond acceptors (Lipinski definition) is 4. The first-order valence-electron chi connectivity index (χ1n) is 7.08. The first kappa shape index (κ1) is 13.8. The molecule has 2 aromatic rings. The maximum absolute atomic E-state index is 5.51. The highest BCUT2D eigenvalue weighted by Gasteiger charge is 2.16. The molecule has 0 amide bonds. The monoisotopic (exact) mass is 284 g/mol. The van der Waals surface area contributed by atoms with Crippen LogP contribution in [0.5, 0.6) is 11.5 Å². The lowest BCUT2D eigenvalue weighted by atomic mass is 10.1. The van der Waals surface area contributed by atoms with Crippen molar-refractivity contribution in [1.29, 1.82) is 0 Å². The number of nitrogens with one attached hydrogen (secondary N) is 1. The Bertz CT molecular complexity index is 609. The van der Waals surface area contributed by atoms with Gasteiger partial charge < -0.3 is 19.7 Å². The first-order valence-corrected chi connectivity index (χ1v) is 7.08. The molecule has 0 radical (unpaired) electrons. The van der Waals surface area contributed by atoms with Crippen molar-refractivity contribution in [3.63, 3.8) is 0 Å². The molecule has 1 N–H and O–H groups in total. The van der Waals surface area contributed by atoms with Crippen LogP contribution in [0.4, 0.5) is 5.69 Å². The fraction of sp³-hybridized carbons (Fsp3) is 0.294. The van der Waals surface area contributed by atoms with Gasteiger partial charge in [0.2, 0.25) is 6.79 Å². The van der Waals surface area contributed by atoms with Crippen LogP contribution in [0.2, 0.25) is 0 Å². The molecule has 1 aliphatic heterocycles. The summed E-state index contributed by atoms with van der Waals surface area (Å²) in [6.45, 7) is 1.92. The second-order valence-electron chi connectivity index (χ2n) is 5.32. The summed E-state index contributed by atoms with van der Waals surface area (Å²) in [5.41, 5.74) is 3.62. The van der Waals surface area contributed by atoms with Crippen LogP contribution in [0, 0.1) is 0 Å². The van der Waals surface area contributed by atoms with E-state index in [4.69, 9.17) is 9.47 Å². The van der Waals surface area contributed by atoms with Crippen LogP contribution in [0.25, 0.3) is 0 Å². The summed E-state index contributed by atoms with van der Waals surface area (Å²) >= 11 is 0. The molecule has 0 saturated carbocycles. The third-order valence-electron chi connectivity index (χ3n) is 3.58. The number of nitrogens with zero attached hydrogens (tertiary/aromatic N) is 1. The zero-order valence-corrected chi connectivity index (χ0v) is 12.4. The van der Waals surface area contributed by atoms with Crippen molar-refractivity contribution in [2.75, 3.05) is 25.8 Å². The van der Waals surface area contributed by atoms with Gasteiger partial charge in [0, 0.05) is 38.4 Å². The van der Waals surface area contributed by atoms with Gasteiger partial charge in [-0.15, -0.1) is 0 Å². The van der Waals surface area contributed by atoms with Crippen LogP contribution >= 0.6 is 0 Å². The summed E-state index contributed by atoms with van der Waals surface area (Å²) in [6.07, 6.45) is 0. The van der Waals surface area contributed by atoms with Gasteiger partial charge in [0.1, 0.15) is 0 Å². The zero-order chi connectivity index (χ0) is 14.7. The number of rotatable bonds is 5. The predicted octanol–water partition coefficient (Wildman–Crippen LogP) is 2.77. The Labute approximate surface area is 125 Å². The van der Waals surface area contributed by atoms with Crippen LogP contribution in [-0.4, -0.2) is 20.9 Å². The number of fused-ring (bicyclic) bond motifs is 1. The summed E-state index contributed by atoms with van der Waals surface area (Å²) in [5.74, 6) is 1.71. The molecule has 0 bridgehead atoms. The van der Waals surface area contributed by atoms with Crippen LogP contribution < -0.4 is 19.7 Å². The van der Waals surface area contributed by atoms with E-state index in [0.29, 0.717) is 6.79 Å². The van der Waals surface area contributed by atoms with Crippen LogP contribution in [0.15, 0.2) is 42.5 Å². The Morgan fingerprint density at radius 2 is 1.81 bits per heavy atom. The number of hydrogen-bond donors (Lipinski definition) is 1. The van der Waals surface area contributed by atoms with Crippen molar-refractivity contribution < 1.29 is 9.47 Å². The summed E-state index contributed by atoms with van der Waals surface area (Å²) in [6, 6.07) is 14.6. The quantitative estimate of drug-likeness (QED) is 0.915. The van der Waals surface area contributed by atoms with E-state index < -0.39 is 0 Å². The van der Waals surface area contributed by atoms with Gasteiger partial charge in [0.25, 0.3) is 0 Å². The highest BCUT2D eigenvalue weighted by molar-refractivity contribution is 5.48. The lowest BCUT2D eigenvalue weighted by molar-refractivity contribution is 0.173. The van der Waals surface area contributed by atoms with Gasteiger partial charge in [-0.2, -0.15) is 0 Å². The molecule has 21 heavy (non-hydrogen) atoms.